The smallest absolute Gasteiger partial charge is 0.175 e. The standard InChI is InChI=1S/C16H14INO2/c1-11-3-5-12(6-4-11)10-20-16-14(17)7-13(9-18)8-15(16)19-2/h3-8H,10H2,1-2H3. The number of halogens is 1. The van der Waals surface area contributed by atoms with E-state index in [4.69, 9.17) is 14.7 Å². The van der Waals surface area contributed by atoms with E-state index in [-0.39, 0.29) is 0 Å². The molecule has 0 bridgehead atoms. The van der Waals surface area contributed by atoms with Crippen LogP contribution in [0, 0.1) is 21.8 Å². The molecular weight excluding hydrogens is 365 g/mol. The molecule has 102 valence electrons. The van der Waals surface area contributed by atoms with Crippen molar-refractivity contribution in [3.63, 3.8) is 0 Å². The molecule has 0 radical (unpaired) electrons. The van der Waals surface area contributed by atoms with Gasteiger partial charge in [-0.1, -0.05) is 29.8 Å². The second kappa shape index (κ2) is 6.62. The van der Waals surface area contributed by atoms with Gasteiger partial charge < -0.3 is 9.47 Å². The van der Waals surface area contributed by atoms with Gasteiger partial charge in [0.15, 0.2) is 11.5 Å². The lowest BCUT2D eigenvalue weighted by Crippen LogP contribution is -2.00. The fraction of sp³-hybridized carbons (Fsp3) is 0.188. The highest BCUT2D eigenvalue weighted by Crippen LogP contribution is 2.34. The van der Waals surface area contributed by atoms with Crippen LogP contribution in [0.2, 0.25) is 0 Å². The van der Waals surface area contributed by atoms with E-state index < -0.39 is 0 Å². The Bertz CT molecular complexity index is 645. The first-order chi connectivity index (χ1) is 9.63. The summed E-state index contributed by atoms with van der Waals surface area (Å²) in [5.74, 6) is 1.26. The number of methoxy groups -OCH3 is 1. The van der Waals surface area contributed by atoms with Crippen molar-refractivity contribution in [2.24, 2.45) is 0 Å². The number of ether oxygens (including phenoxy) is 2. The first-order valence-electron chi connectivity index (χ1n) is 6.10. The summed E-state index contributed by atoms with van der Waals surface area (Å²) in [6, 6.07) is 13.8. The Hall–Kier alpha value is -1.74. The molecule has 3 nitrogen and oxygen atoms in total. The molecule has 0 saturated carbocycles. The van der Waals surface area contributed by atoms with Crippen LogP contribution < -0.4 is 9.47 Å². The maximum Gasteiger partial charge on any atom is 0.175 e. The summed E-state index contributed by atoms with van der Waals surface area (Å²) in [6.07, 6.45) is 0. The third-order valence-corrected chi connectivity index (χ3v) is 3.66. The first kappa shape index (κ1) is 14.7. The SMILES string of the molecule is COc1cc(C#N)cc(I)c1OCc1ccc(C)cc1. The summed E-state index contributed by atoms with van der Waals surface area (Å²) in [6.45, 7) is 2.52. The predicted molar refractivity (Wildman–Crippen MR) is 85.9 cm³/mol. The van der Waals surface area contributed by atoms with Crippen molar-refractivity contribution in [2.75, 3.05) is 7.11 Å². The van der Waals surface area contributed by atoms with E-state index >= 15 is 0 Å². The molecule has 20 heavy (non-hydrogen) atoms. The number of hydrogen-bond acceptors (Lipinski definition) is 3. The van der Waals surface area contributed by atoms with Gasteiger partial charge in [0.25, 0.3) is 0 Å². The predicted octanol–water partition coefficient (Wildman–Crippen LogP) is 4.06. The van der Waals surface area contributed by atoms with Crippen molar-refractivity contribution in [2.45, 2.75) is 13.5 Å². The van der Waals surface area contributed by atoms with Crippen LogP contribution in [0.15, 0.2) is 36.4 Å². The lowest BCUT2D eigenvalue weighted by Gasteiger charge is -2.13. The monoisotopic (exact) mass is 379 g/mol. The minimum Gasteiger partial charge on any atom is -0.493 e. The van der Waals surface area contributed by atoms with Gasteiger partial charge in [-0.15, -0.1) is 0 Å². The van der Waals surface area contributed by atoms with E-state index in [1.807, 2.05) is 12.1 Å². The molecule has 0 atom stereocenters. The van der Waals surface area contributed by atoms with Crippen LogP contribution in [-0.4, -0.2) is 7.11 Å². The maximum atomic E-state index is 8.96. The van der Waals surface area contributed by atoms with Gasteiger partial charge in [-0.2, -0.15) is 5.26 Å². The normalized spacial score (nSPS) is 9.90. The summed E-state index contributed by atoms with van der Waals surface area (Å²) in [5.41, 5.74) is 2.88. The highest BCUT2D eigenvalue weighted by atomic mass is 127. The van der Waals surface area contributed by atoms with Crippen LogP contribution in [0.3, 0.4) is 0 Å². The largest absolute Gasteiger partial charge is 0.493 e. The lowest BCUT2D eigenvalue weighted by molar-refractivity contribution is 0.282. The molecule has 4 heteroatoms. The van der Waals surface area contributed by atoms with E-state index in [0.29, 0.717) is 23.7 Å². The molecule has 0 aliphatic carbocycles. The number of benzene rings is 2. The average molecular weight is 379 g/mol. The number of hydrogen-bond donors (Lipinski definition) is 0. The Morgan fingerprint density at radius 3 is 2.50 bits per heavy atom. The number of rotatable bonds is 4. The number of nitriles is 1. The van der Waals surface area contributed by atoms with Gasteiger partial charge in [-0.25, -0.2) is 0 Å². The second-order valence-electron chi connectivity index (χ2n) is 4.38. The average Bonchev–Trinajstić information content (AvgIpc) is 2.47. The van der Waals surface area contributed by atoms with Gasteiger partial charge in [0.2, 0.25) is 0 Å². The van der Waals surface area contributed by atoms with Crippen LogP contribution in [0.4, 0.5) is 0 Å². The summed E-state index contributed by atoms with van der Waals surface area (Å²) in [4.78, 5) is 0. The Balaban J connectivity index is 2.21. The zero-order valence-corrected chi connectivity index (χ0v) is 13.5. The molecule has 2 aromatic carbocycles. The van der Waals surface area contributed by atoms with Crippen molar-refractivity contribution in [3.8, 4) is 17.6 Å². The highest BCUT2D eigenvalue weighted by molar-refractivity contribution is 14.1. The Morgan fingerprint density at radius 2 is 1.90 bits per heavy atom. The van der Waals surface area contributed by atoms with Gasteiger partial charge in [0.05, 0.1) is 22.3 Å². The topological polar surface area (TPSA) is 42.2 Å². The van der Waals surface area contributed by atoms with E-state index in [1.54, 1.807) is 19.2 Å². The van der Waals surface area contributed by atoms with Crippen molar-refractivity contribution in [1.29, 1.82) is 5.26 Å². The molecule has 0 unspecified atom stereocenters. The van der Waals surface area contributed by atoms with Crippen LogP contribution in [0.1, 0.15) is 16.7 Å². The molecule has 2 aromatic rings. The molecule has 0 saturated heterocycles. The van der Waals surface area contributed by atoms with Gasteiger partial charge >= 0.3 is 0 Å². The van der Waals surface area contributed by atoms with Crippen molar-refractivity contribution in [1.82, 2.24) is 0 Å². The van der Waals surface area contributed by atoms with E-state index in [0.717, 1.165) is 9.13 Å². The number of aryl methyl sites for hydroxylation is 1. The van der Waals surface area contributed by atoms with Crippen LogP contribution in [-0.2, 0) is 6.61 Å². The van der Waals surface area contributed by atoms with Crippen molar-refractivity contribution >= 4 is 22.6 Å². The highest BCUT2D eigenvalue weighted by Gasteiger charge is 2.11. The summed E-state index contributed by atoms with van der Waals surface area (Å²) in [7, 11) is 1.57. The molecule has 2 rings (SSSR count). The quantitative estimate of drug-likeness (QED) is 0.753. The Kier molecular flexibility index (Phi) is 4.85. The Labute approximate surface area is 132 Å². The van der Waals surface area contributed by atoms with Gasteiger partial charge in [-0.05, 0) is 41.1 Å². The minimum atomic E-state index is 0.471. The molecule has 0 fully saturated rings. The molecule has 0 spiro atoms. The zero-order valence-electron chi connectivity index (χ0n) is 11.3. The van der Waals surface area contributed by atoms with Gasteiger partial charge in [0.1, 0.15) is 6.61 Å². The molecule has 0 aliphatic rings. The third kappa shape index (κ3) is 3.42. The summed E-state index contributed by atoms with van der Waals surface area (Å²) in [5, 5.41) is 8.96. The van der Waals surface area contributed by atoms with E-state index in [2.05, 4.69) is 47.7 Å². The lowest BCUT2D eigenvalue weighted by atomic mass is 10.2. The molecule has 0 heterocycles. The second-order valence-corrected chi connectivity index (χ2v) is 5.54. The fourth-order valence-corrected chi connectivity index (χ4v) is 2.52. The number of nitrogens with zero attached hydrogens (tertiary/aromatic N) is 1. The molecule has 0 N–H and O–H groups in total. The first-order valence-corrected chi connectivity index (χ1v) is 7.18. The molecule has 0 aliphatic heterocycles. The van der Waals surface area contributed by atoms with Crippen molar-refractivity contribution < 1.29 is 9.47 Å². The van der Waals surface area contributed by atoms with Crippen LogP contribution in [0.25, 0.3) is 0 Å². The fourth-order valence-electron chi connectivity index (χ4n) is 1.76. The van der Waals surface area contributed by atoms with E-state index in [1.165, 1.54) is 5.56 Å². The van der Waals surface area contributed by atoms with Crippen LogP contribution in [0.5, 0.6) is 11.5 Å². The van der Waals surface area contributed by atoms with Gasteiger partial charge in [0, 0.05) is 6.07 Å². The van der Waals surface area contributed by atoms with Crippen LogP contribution >= 0.6 is 22.6 Å². The molecular formula is C16H14INO2. The van der Waals surface area contributed by atoms with Gasteiger partial charge in [-0.3, -0.25) is 0 Å². The summed E-state index contributed by atoms with van der Waals surface area (Å²) < 4.78 is 12.0. The third-order valence-electron chi connectivity index (χ3n) is 2.86. The minimum absolute atomic E-state index is 0.471. The van der Waals surface area contributed by atoms with E-state index in [9.17, 15) is 0 Å². The van der Waals surface area contributed by atoms with Crippen molar-refractivity contribution in [3.05, 3.63) is 56.7 Å². The zero-order chi connectivity index (χ0) is 14.5. The molecule has 0 amide bonds. The maximum absolute atomic E-state index is 8.96. The Morgan fingerprint density at radius 1 is 1.20 bits per heavy atom. The molecule has 0 aromatic heterocycles. The summed E-state index contributed by atoms with van der Waals surface area (Å²) >= 11 is 2.15.